The number of aliphatic imine (C=N–C) groups is 1. The lowest BCUT2D eigenvalue weighted by molar-refractivity contribution is 0.198. The third kappa shape index (κ3) is 8.10. The number of likely N-dealkylation sites (tertiary alicyclic amines) is 1. The number of nitrogens with zero attached hydrogens (tertiary/aromatic N) is 3. The molecule has 1 aliphatic rings. The lowest BCUT2D eigenvalue weighted by atomic mass is 10.0. The Balaban J connectivity index is 0.00000320. The highest BCUT2D eigenvalue weighted by Gasteiger charge is 2.20. The Bertz CT molecular complexity index is 763. The van der Waals surface area contributed by atoms with Crippen molar-refractivity contribution >= 4 is 29.9 Å². The lowest BCUT2D eigenvalue weighted by Crippen LogP contribution is -2.48. The Morgan fingerprint density at radius 1 is 1.20 bits per heavy atom. The first-order chi connectivity index (χ1) is 14.2. The van der Waals surface area contributed by atoms with Crippen molar-refractivity contribution in [3.63, 3.8) is 0 Å². The van der Waals surface area contributed by atoms with E-state index in [1.807, 2.05) is 12.1 Å². The van der Waals surface area contributed by atoms with Crippen LogP contribution < -0.4 is 15.4 Å². The van der Waals surface area contributed by atoms with Gasteiger partial charge in [0.05, 0.1) is 12.7 Å². The van der Waals surface area contributed by atoms with Crippen molar-refractivity contribution in [2.24, 2.45) is 4.99 Å². The molecule has 2 heterocycles. The van der Waals surface area contributed by atoms with Crippen LogP contribution in [-0.4, -0.2) is 54.7 Å². The highest BCUT2D eigenvalue weighted by molar-refractivity contribution is 14.0. The van der Waals surface area contributed by atoms with Gasteiger partial charge >= 0.3 is 0 Å². The molecule has 6 nitrogen and oxygen atoms in total. The fourth-order valence-corrected chi connectivity index (χ4v) is 3.53. The van der Waals surface area contributed by atoms with Gasteiger partial charge in [0.15, 0.2) is 5.96 Å². The third-order valence-corrected chi connectivity index (χ3v) is 5.19. The van der Waals surface area contributed by atoms with E-state index in [1.165, 1.54) is 11.1 Å². The number of ether oxygens (including phenoxy) is 1. The van der Waals surface area contributed by atoms with Gasteiger partial charge in [0.1, 0.15) is 12.4 Å². The average Bonchev–Trinajstić information content (AvgIpc) is 2.75. The Kier molecular flexibility index (Phi) is 10.9. The Morgan fingerprint density at radius 2 is 2.00 bits per heavy atom. The summed E-state index contributed by atoms with van der Waals surface area (Å²) in [7, 11) is 0. The number of hydrogen-bond acceptors (Lipinski definition) is 4. The van der Waals surface area contributed by atoms with Crippen molar-refractivity contribution in [2.75, 3.05) is 32.8 Å². The summed E-state index contributed by atoms with van der Waals surface area (Å²) < 4.78 is 5.67. The molecule has 0 spiro atoms. The first-order valence-corrected chi connectivity index (χ1v) is 10.6. The summed E-state index contributed by atoms with van der Waals surface area (Å²) in [6.07, 6.45) is 5.72. The summed E-state index contributed by atoms with van der Waals surface area (Å²) in [4.78, 5) is 11.3. The number of nitrogens with one attached hydrogen (secondary N) is 2. The molecule has 2 N–H and O–H groups in total. The highest BCUT2D eigenvalue weighted by Crippen LogP contribution is 2.16. The van der Waals surface area contributed by atoms with E-state index in [9.17, 15) is 0 Å². The van der Waals surface area contributed by atoms with Crippen molar-refractivity contribution in [3.8, 4) is 5.75 Å². The number of halogens is 1. The van der Waals surface area contributed by atoms with E-state index in [0.717, 1.165) is 50.7 Å². The molecule has 0 aliphatic carbocycles. The smallest absolute Gasteiger partial charge is 0.191 e. The zero-order valence-corrected chi connectivity index (χ0v) is 20.3. The third-order valence-electron chi connectivity index (χ3n) is 5.19. The summed E-state index contributed by atoms with van der Waals surface area (Å²) >= 11 is 0. The number of guanidine groups is 1. The number of hydrogen-bond donors (Lipinski definition) is 2. The standard InChI is InChI=1S/C23H33N5O.HI/c1-3-25-23(26-13-16-29-22-9-6-12-24-17-22)27-21-10-14-28(15-11-21)18-20-8-5-4-7-19(20)2;/h4-9,12,17,21H,3,10-11,13-16,18H2,1-2H3,(H2,25,26,27);1H. The molecule has 30 heavy (non-hydrogen) atoms. The number of aromatic nitrogens is 1. The van der Waals surface area contributed by atoms with Gasteiger partial charge in [0, 0.05) is 38.4 Å². The van der Waals surface area contributed by atoms with E-state index >= 15 is 0 Å². The molecule has 0 bridgehead atoms. The minimum absolute atomic E-state index is 0. The molecule has 3 rings (SSSR count). The minimum atomic E-state index is 0. The number of rotatable bonds is 8. The molecule has 0 amide bonds. The molecule has 1 aromatic heterocycles. The van der Waals surface area contributed by atoms with Crippen molar-refractivity contribution < 1.29 is 4.74 Å². The molecular formula is C23H34IN5O. The number of piperidine rings is 1. The second-order valence-electron chi connectivity index (χ2n) is 7.42. The van der Waals surface area contributed by atoms with Crippen LogP contribution in [0, 0.1) is 6.92 Å². The largest absolute Gasteiger partial charge is 0.490 e. The van der Waals surface area contributed by atoms with Gasteiger partial charge in [0.25, 0.3) is 0 Å². The van der Waals surface area contributed by atoms with E-state index in [0.29, 0.717) is 19.2 Å². The molecule has 0 saturated carbocycles. The van der Waals surface area contributed by atoms with Crippen LogP contribution in [-0.2, 0) is 6.54 Å². The zero-order valence-electron chi connectivity index (χ0n) is 18.0. The van der Waals surface area contributed by atoms with Crippen LogP contribution >= 0.6 is 24.0 Å². The highest BCUT2D eigenvalue weighted by atomic mass is 127. The fraction of sp³-hybridized carbons (Fsp3) is 0.478. The molecule has 2 aromatic rings. The molecule has 1 aliphatic heterocycles. The van der Waals surface area contributed by atoms with E-state index in [4.69, 9.17) is 4.74 Å². The minimum Gasteiger partial charge on any atom is -0.490 e. The van der Waals surface area contributed by atoms with E-state index in [1.54, 1.807) is 12.4 Å². The van der Waals surface area contributed by atoms with Gasteiger partial charge in [-0.3, -0.25) is 9.88 Å². The van der Waals surface area contributed by atoms with Crippen molar-refractivity contribution in [3.05, 3.63) is 59.9 Å². The molecule has 7 heteroatoms. The molecule has 1 fully saturated rings. The van der Waals surface area contributed by atoms with Crippen molar-refractivity contribution in [1.29, 1.82) is 0 Å². The number of pyridine rings is 1. The van der Waals surface area contributed by atoms with E-state index in [-0.39, 0.29) is 24.0 Å². The van der Waals surface area contributed by atoms with Crippen LogP contribution in [0.1, 0.15) is 30.9 Å². The number of benzene rings is 1. The van der Waals surface area contributed by atoms with Crippen LogP contribution in [0.5, 0.6) is 5.75 Å². The topological polar surface area (TPSA) is 61.8 Å². The monoisotopic (exact) mass is 523 g/mol. The maximum absolute atomic E-state index is 5.67. The van der Waals surface area contributed by atoms with Gasteiger partial charge in [-0.2, -0.15) is 0 Å². The molecule has 0 atom stereocenters. The Morgan fingerprint density at radius 3 is 2.70 bits per heavy atom. The first kappa shape index (κ1) is 24.4. The van der Waals surface area contributed by atoms with Crippen LogP contribution in [0.3, 0.4) is 0 Å². The van der Waals surface area contributed by atoms with E-state index < -0.39 is 0 Å². The quantitative estimate of drug-likeness (QED) is 0.240. The van der Waals surface area contributed by atoms with Gasteiger partial charge in [-0.05, 0) is 49.9 Å². The molecular weight excluding hydrogens is 489 g/mol. The average molecular weight is 523 g/mol. The maximum atomic E-state index is 5.67. The fourth-order valence-electron chi connectivity index (χ4n) is 3.53. The summed E-state index contributed by atoms with van der Waals surface area (Å²) in [5, 5.41) is 6.94. The normalized spacial score (nSPS) is 15.3. The first-order valence-electron chi connectivity index (χ1n) is 10.6. The van der Waals surface area contributed by atoms with Gasteiger partial charge in [-0.25, -0.2) is 4.99 Å². The van der Waals surface area contributed by atoms with Crippen LogP contribution in [0.15, 0.2) is 53.8 Å². The summed E-state index contributed by atoms with van der Waals surface area (Å²) in [5.41, 5.74) is 2.81. The lowest BCUT2D eigenvalue weighted by Gasteiger charge is -2.33. The van der Waals surface area contributed by atoms with Gasteiger partial charge in [-0.15, -0.1) is 24.0 Å². The Labute approximate surface area is 197 Å². The zero-order chi connectivity index (χ0) is 20.3. The molecule has 164 valence electrons. The van der Waals surface area contributed by atoms with Gasteiger partial charge in [-0.1, -0.05) is 24.3 Å². The van der Waals surface area contributed by atoms with Crippen LogP contribution in [0.25, 0.3) is 0 Å². The molecule has 1 saturated heterocycles. The van der Waals surface area contributed by atoms with Crippen LogP contribution in [0.4, 0.5) is 0 Å². The van der Waals surface area contributed by atoms with Gasteiger partial charge in [0.2, 0.25) is 0 Å². The van der Waals surface area contributed by atoms with E-state index in [2.05, 4.69) is 63.6 Å². The second kappa shape index (κ2) is 13.4. The summed E-state index contributed by atoms with van der Waals surface area (Å²) in [5.74, 6) is 1.65. The van der Waals surface area contributed by atoms with Crippen molar-refractivity contribution in [1.82, 2.24) is 20.5 Å². The summed E-state index contributed by atoms with van der Waals surface area (Å²) in [6, 6.07) is 12.9. The maximum Gasteiger partial charge on any atom is 0.191 e. The molecule has 0 unspecified atom stereocenters. The predicted octanol–water partition coefficient (Wildman–Crippen LogP) is 3.61. The Hall–Kier alpha value is -1.87. The predicted molar refractivity (Wildman–Crippen MR) is 134 cm³/mol. The molecule has 1 aromatic carbocycles. The number of aryl methyl sites for hydroxylation is 1. The van der Waals surface area contributed by atoms with Crippen molar-refractivity contribution in [2.45, 2.75) is 39.3 Å². The second-order valence-corrected chi connectivity index (χ2v) is 7.42. The SMILES string of the molecule is CCNC(=NCCOc1cccnc1)NC1CCN(Cc2ccccc2C)CC1.I. The molecule has 0 radical (unpaired) electrons. The summed E-state index contributed by atoms with van der Waals surface area (Å²) in [6.45, 7) is 9.54. The van der Waals surface area contributed by atoms with Gasteiger partial charge < -0.3 is 15.4 Å². The van der Waals surface area contributed by atoms with Crippen LogP contribution in [0.2, 0.25) is 0 Å².